The Balaban J connectivity index is 1.55. The van der Waals surface area contributed by atoms with Crippen molar-refractivity contribution in [3.8, 4) is 5.75 Å². The van der Waals surface area contributed by atoms with E-state index in [1.165, 1.54) is 64.2 Å². The van der Waals surface area contributed by atoms with E-state index in [0.29, 0.717) is 12.3 Å². The summed E-state index contributed by atoms with van der Waals surface area (Å²) in [6.45, 7) is 6.45. The normalized spacial score (nSPS) is 14.5. The van der Waals surface area contributed by atoms with Crippen LogP contribution in [-0.2, 0) is 4.74 Å². The Morgan fingerprint density at radius 1 is 0.966 bits per heavy atom. The van der Waals surface area contributed by atoms with Crippen LogP contribution in [0.4, 0.5) is 10.5 Å². The van der Waals surface area contributed by atoms with Crippen molar-refractivity contribution >= 4 is 11.8 Å². The third kappa shape index (κ3) is 11.1. The molecule has 0 radical (unpaired) electrons. The van der Waals surface area contributed by atoms with Crippen LogP contribution in [0.2, 0.25) is 0 Å². The van der Waals surface area contributed by atoms with Crippen LogP contribution in [0.15, 0.2) is 24.3 Å². The van der Waals surface area contributed by atoms with Gasteiger partial charge in [0.25, 0.3) is 0 Å². The van der Waals surface area contributed by atoms with Gasteiger partial charge in [-0.05, 0) is 44.5 Å². The number of nitrogens with one attached hydrogen (secondary N) is 1. The molecular formula is C24H40N2O3. The minimum atomic E-state index is -0.401. The predicted octanol–water partition coefficient (Wildman–Crippen LogP) is 6.24. The Morgan fingerprint density at radius 3 is 2.45 bits per heavy atom. The summed E-state index contributed by atoms with van der Waals surface area (Å²) in [4.78, 5) is 14.4. The van der Waals surface area contributed by atoms with E-state index in [9.17, 15) is 4.79 Å². The SMILES string of the molecule is CCCCCCCCCCOc1cccc(NC(=O)OCCN2CCCCC2)c1. The monoisotopic (exact) mass is 404 g/mol. The van der Waals surface area contributed by atoms with Crippen molar-refractivity contribution < 1.29 is 14.3 Å². The molecule has 1 fully saturated rings. The van der Waals surface area contributed by atoms with Crippen molar-refractivity contribution in [2.24, 2.45) is 0 Å². The Bertz CT molecular complexity index is 559. The smallest absolute Gasteiger partial charge is 0.411 e. The van der Waals surface area contributed by atoms with Gasteiger partial charge < -0.3 is 9.47 Å². The van der Waals surface area contributed by atoms with Crippen LogP contribution in [-0.4, -0.2) is 43.8 Å². The number of unbranched alkanes of at least 4 members (excludes halogenated alkanes) is 7. The van der Waals surface area contributed by atoms with Crippen molar-refractivity contribution in [3.63, 3.8) is 0 Å². The summed E-state index contributed by atoms with van der Waals surface area (Å²) in [5.41, 5.74) is 0.710. The summed E-state index contributed by atoms with van der Waals surface area (Å²) in [7, 11) is 0. The number of hydrogen-bond donors (Lipinski definition) is 1. The molecule has 1 aromatic carbocycles. The van der Waals surface area contributed by atoms with Crippen LogP contribution in [0.1, 0.15) is 77.6 Å². The zero-order valence-electron chi connectivity index (χ0n) is 18.3. The van der Waals surface area contributed by atoms with Gasteiger partial charge in [0.2, 0.25) is 0 Å². The van der Waals surface area contributed by atoms with Crippen molar-refractivity contribution in [1.82, 2.24) is 4.90 Å². The molecule has 0 unspecified atom stereocenters. The van der Waals surface area contributed by atoms with E-state index in [0.717, 1.165) is 38.4 Å². The van der Waals surface area contributed by atoms with Gasteiger partial charge in [-0.25, -0.2) is 4.79 Å². The van der Waals surface area contributed by atoms with Crippen molar-refractivity contribution in [3.05, 3.63) is 24.3 Å². The summed E-state index contributed by atoms with van der Waals surface area (Å²) in [5, 5.41) is 2.80. The molecule has 1 N–H and O–H groups in total. The molecule has 1 saturated heterocycles. The highest BCUT2D eigenvalue weighted by Gasteiger charge is 2.11. The molecule has 0 spiro atoms. The maximum Gasteiger partial charge on any atom is 0.411 e. The second kappa shape index (κ2) is 15.1. The topological polar surface area (TPSA) is 50.8 Å². The fraction of sp³-hybridized carbons (Fsp3) is 0.708. The lowest BCUT2D eigenvalue weighted by molar-refractivity contribution is 0.131. The first-order valence-corrected chi connectivity index (χ1v) is 11.7. The van der Waals surface area contributed by atoms with Crippen molar-refractivity contribution in [2.45, 2.75) is 77.6 Å². The average molecular weight is 405 g/mol. The summed E-state index contributed by atoms with van der Waals surface area (Å²) >= 11 is 0. The van der Waals surface area contributed by atoms with E-state index >= 15 is 0 Å². The molecule has 0 aliphatic carbocycles. The Morgan fingerprint density at radius 2 is 1.69 bits per heavy atom. The second-order valence-corrected chi connectivity index (χ2v) is 8.01. The van der Waals surface area contributed by atoms with Gasteiger partial charge in [-0.3, -0.25) is 10.2 Å². The van der Waals surface area contributed by atoms with Crippen LogP contribution in [0.5, 0.6) is 5.75 Å². The fourth-order valence-corrected chi connectivity index (χ4v) is 3.69. The first-order valence-electron chi connectivity index (χ1n) is 11.7. The lowest BCUT2D eigenvalue weighted by atomic mass is 10.1. The molecular weight excluding hydrogens is 364 g/mol. The summed E-state index contributed by atoms with van der Waals surface area (Å²) in [6, 6.07) is 7.54. The van der Waals surface area contributed by atoms with Crippen molar-refractivity contribution in [1.29, 1.82) is 0 Å². The lowest BCUT2D eigenvalue weighted by Crippen LogP contribution is -2.33. The number of piperidine rings is 1. The Labute approximate surface area is 177 Å². The number of nitrogens with zero attached hydrogens (tertiary/aromatic N) is 1. The van der Waals surface area contributed by atoms with E-state index in [1.54, 1.807) is 0 Å². The largest absolute Gasteiger partial charge is 0.494 e. The molecule has 0 aromatic heterocycles. The number of benzene rings is 1. The maximum absolute atomic E-state index is 12.0. The molecule has 5 nitrogen and oxygen atoms in total. The highest BCUT2D eigenvalue weighted by molar-refractivity contribution is 5.84. The van der Waals surface area contributed by atoms with E-state index in [4.69, 9.17) is 9.47 Å². The second-order valence-electron chi connectivity index (χ2n) is 8.01. The zero-order valence-corrected chi connectivity index (χ0v) is 18.3. The molecule has 1 amide bonds. The number of amides is 1. The van der Waals surface area contributed by atoms with Crippen LogP contribution in [0.25, 0.3) is 0 Å². The lowest BCUT2D eigenvalue weighted by Gasteiger charge is -2.25. The first-order chi connectivity index (χ1) is 14.3. The van der Waals surface area contributed by atoms with Gasteiger partial charge in [0.1, 0.15) is 12.4 Å². The molecule has 0 saturated carbocycles. The highest BCUT2D eigenvalue weighted by Crippen LogP contribution is 2.18. The number of carbonyl (C=O) groups excluding carboxylic acids is 1. The molecule has 1 aromatic rings. The predicted molar refractivity (Wildman–Crippen MR) is 120 cm³/mol. The average Bonchev–Trinajstić information content (AvgIpc) is 2.73. The van der Waals surface area contributed by atoms with Gasteiger partial charge in [-0.1, -0.05) is 64.4 Å². The number of hydrogen-bond acceptors (Lipinski definition) is 4. The third-order valence-electron chi connectivity index (χ3n) is 5.44. The number of carbonyl (C=O) groups is 1. The van der Waals surface area contributed by atoms with Crippen LogP contribution in [0.3, 0.4) is 0 Å². The maximum atomic E-state index is 12.0. The molecule has 1 heterocycles. The van der Waals surface area contributed by atoms with Crippen LogP contribution in [0, 0.1) is 0 Å². The van der Waals surface area contributed by atoms with Gasteiger partial charge in [0, 0.05) is 18.3 Å². The van der Waals surface area contributed by atoms with E-state index in [-0.39, 0.29) is 0 Å². The molecule has 1 aliphatic rings. The van der Waals surface area contributed by atoms with Gasteiger partial charge in [0.15, 0.2) is 0 Å². The molecule has 5 heteroatoms. The van der Waals surface area contributed by atoms with E-state index < -0.39 is 6.09 Å². The number of likely N-dealkylation sites (tertiary alicyclic amines) is 1. The van der Waals surface area contributed by atoms with E-state index in [1.807, 2.05) is 24.3 Å². The summed E-state index contributed by atoms with van der Waals surface area (Å²) < 4.78 is 11.2. The third-order valence-corrected chi connectivity index (χ3v) is 5.44. The first kappa shape index (κ1) is 23.5. The van der Waals surface area contributed by atoms with Crippen molar-refractivity contribution in [2.75, 3.05) is 38.2 Å². The molecule has 0 atom stereocenters. The van der Waals surface area contributed by atoms with E-state index in [2.05, 4.69) is 17.1 Å². The quantitative estimate of drug-likeness (QED) is 0.373. The number of ether oxygens (including phenoxy) is 2. The molecule has 2 rings (SSSR count). The molecule has 0 bridgehead atoms. The van der Waals surface area contributed by atoms with Crippen LogP contribution < -0.4 is 10.1 Å². The molecule has 164 valence electrons. The van der Waals surface area contributed by atoms with Gasteiger partial charge >= 0.3 is 6.09 Å². The Hall–Kier alpha value is -1.75. The number of anilines is 1. The zero-order chi connectivity index (χ0) is 20.6. The standard InChI is InChI=1S/C24H40N2O3/c1-2-3-4-5-6-7-8-12-19-28-23-15-13-14-22(21-23)25-24(27)29-20-18-26-16-10-9-11-17-26/h13-15,21H,2-12,16-20H2,1H3,(H,25,27). The van der Waals surface area contributed by atoms with Gasteiger partial charge in [0.05, 0.1) is 6.61 Å². The summed E-state index contributed by atoms with van der Waals surface area (Å²) in [5.74, 6) is 0.791. The van der Waals surface area contributed by atoms with Gasteiger partial charge in [-0.15, -0.1) is 0 Å². The minimum Gasteiger partial charge on any atom is -0.494 e. The minimum absolute atomic E-state index is 0.401. The number of rotatable bonds is 14. The molecule has 1 aliphatic heterocycles. The van der Waals surface area contributed by atoms with Crippen LogP contribution >= 0.6 is 0 Å². The fourth-order valence-electron chi connectivity index (χ4n) is 3.69. The molecule has 29 heavy (non-hydrogen) atoms. The highest BCUT2D eigenvalue weighted by atomic mass is 16.5. The Kier molecular flexibility index (Phi) is 12.3. The van der Waals surface area contributed by atoms with Gasteiger partial charge in [-0.2, -0.15) is 0 Å². The summed E-state index contributed by atoms with van der Waals surface area (Å²) in [6.07, 6.45) is 13.7.